The monoisotopic (exact) mass is 342 g/mol. The molecule has 1 saturated heterocycles. The fourth-order valence-corrected chi connectivity index (χ4v) is 2.46. The maximum atomic E-state index is 12.9. The standard InChI is InChI=1S/C17H21F3N2O2/c18-17(19,20)15-5-2-1-4-14(15)6-7-16(23)21-8-3-9-22-10-12-24-13-11-22/h1-2,4-7H,3,8-13H2,(H,21,23). The Kier molecular flexibility index (Phi) is 6.81. The minimum Gasteiger partial charge on any atom is -0.379 e. The highest BCUT2D eigenvalue weighted by Crippen LogP contribution is 2.32. The second-order valence-electron chi connectivity index (χ2n) is 5.52. The molecule has 0 aromatic heterocycles. The molecule has 1 N–H and O–H groups in total. The molecule has 1 aromatic rings. The SMILES string of the molecule is O=C(C=Cc1ccccc1C(F)(F)F)NCCCN1CCOCC1. The first-order valence-corrected chi connectivity index (χ1v) is 7.89. The number of hydrogen-bond donors (Lipinski definition) is 1. The summed E-state index contributed by atoms with van der Waals surface area (Å²) in [6.45, 7) is 4.59. The van der Waals surface area contributed by atoms with E-state index in [1.54, 1.807) is 0 Å². The highest BCUT2D eigenvalue weighted by molar-refractivity contribution is 5.91. The average molecular weight is 342 g/mol. The van der Waals surface area contributed by atoms with Gasteiger partial charge in [0.1, 0.15) is 0 Å². The number of amides is 1. The summed E-state index contributed by atoms with van der Waals surface area (Å²) in [6.07, 6.45) is -1.31. The number of carbonyl (C=O) groups is 1. The number of morpholine rings is 1. The Labute approximate surface area is 139 Å². The summed E-state index contributed by atoms with van der Waals surface area (Å²) >= 11 is 0. The van der Waals surface area contributed by atoms with Gasteiger partial charge in [-0.25, -0.2) is 0 Å². The van der Waals surface area contributed by atoms with Crippen molar-refractivity contribution in [2.24, 2.45) is 0 Å². The number of carbonyl (C=O) groups excluding carboxylic acids is 1. The fraction of sp³-hybridized carbons (Fsp3) is 0.471. The number of rotatable bonds is 6. The second-order valence-corrected chi connectivity index (χ2v) is 5.52. The maximum Gasteiger partial charge on any atom is 0.416 e. The zero-order chi connectivity index (χ0) is 17.4. The molecule has 7 heteroatoms. The molecule has 132 valence electrons. The third-order valence-electron chi connectivity index (χ3n) is 3.73. The number of nitrogens with one attached hydrogen (secondary N) is 1. The number of ether oxygens (including phenoxy) is 1. The lowest BCUT2D eigenvalue weighted by atomic mass is 10.1. The molecule has 0 spiro atoms. The van der Waals surface area contributed by atoms with Gasteiger partial charge in [0.15, 0.2) is 0 Å². The van der Waals surface area contributed by atoms with Crippen molar-refractivity contribution in [3.8, 4) is 0 Å². The molecular weight excluding hydrogens is 321 g/mol. The first-order chi connectivity index (χ1) is 11.5. The molecule has 4 nitrogen and oxygen atoms in total. The van der Waals surface area contributed by atoms with Crippen LogP contribution < -0.4 is 5.32 Å². The molecule has 1 aliphatic rings. The van der Waals surface area contributed by atoms with E-state index in [1.165, 1.54) is 24.3 Å². The number of halogens is 3. The smallest absolute Gasteiger partial charge is 0.379 e. The van der Waals surface area contributed by atoms with Gasteiger partial charge in [-0.05, 0) is 30.7 Å². The van der Waals surface area contributed by atoms with Crippen LogP contribution in [-0.4, -0.2) is 50.2 Å². The molecule has 2 rings (SSSR count). The van der Waals surface area contributed by atoms with Gasteiger partial charge in [0.25, 0.3) is 0 Å². The minimum atomic E-state index is -4.43. The van der Waals surface area contributed by atoms with Crippen molar-refractivity contribution >= 4 is 12.0 Å². The van der Waals surface area contributed by atoms with Gasteiger partial charge >= 0.3 is 6.18 Å². The van der Waals surface area contributed by atoms with Gasteiger partial charge < -0.3 is 10.1 Å². The first-order valence-electron chi connectivity index (χ1n) is 7.89. The van der Waals surface area contributed by atoms with Gasteiger partial charge in [-0.3, -0.25) is 9.69 Å². The molecule has 1 aromatic carbocycles. The number of nitrogens with zero attached hydrogens (tertiary/aromatic N) is 1. The van der Waals surface area contributed by atoms with E-state index in [4.69, 9.17) is 4.74 Å². The van der Waals surface area contributed by atoms with Crippen LogP contribution in [0.5, 0.6) is 0 Å². The van der Waals surface area contributed by atoms with Crippen LogP contribution >= 0.6 is 0 Å². The van der Waals surface area contributed by atoms with E-state index in [0.717, 1.165) is 51.4 Å². The van der Waals surface area contributed by atoms with Crippen molar-refractivity contribution in [3.05, 3.63) is 41.5 Å². The molecule has 1 fully saturated rings. The van der Waals surface area contributed by atoms with E-state index in [0.29, 0.717) is 6.54 Å². The Morgan fingerprint density at radius 1 is 1.25 bits per heavy atom. The van der Waals surface area contributed by atoms with Crippen LogP contribution in [0.25, 0.3) is 6.08 Å². The zero-order valence-electron chi connectivity index (χ0n) is 13.3. The van der Waals surface area contributed by atoms with Crippen LogP contribution in [0.1, 0.15) is 17.5 Å². The third kappa shape index (κ3) is 5.98. The first kappa shape index (κ1) is 18.5. The number of alkyl halides is 3. The largest absolute Gasteiger partial charge is 0.416 e. The van der Waals surface area contributed by atoms with E-state index in [9.17, 15) is 18.0 Å². The Hall–Kier alpha value is -1.86. The van der Waals surface area contributed by atoms with Crippen LogP contribution in [0.4, 0.5) is 13.2 Å². The van der Waals surface area contributed by atoms with E-state index in [-0.39, 0.29) is 5.56 Å². The predicted octanol–water partition coefficient (Wildman–Crippen LogP) is 2.56. The van der Waals surface area contributed by atoms with Gasteiger partial charge in [0.05, 0.1) is 18.8 Å². The summed E-state index contributed by atoms with van der Waals surface area (Å²) in [4.78, 5) is 14.0. The lowest BCUT2D eigenvalue weighted by Crippen LogP contribution is -2.38. The molecule has 0 atom stereocenters. The molecule has 1 heterocycles. The normalized spacial score (nSPS) is 16.5. The van der Waals surface area contributed by atoms with E-state index >= 15 is 0 Å². The van der Waals surface area contributed by atoms with Crippen LogP contribution in [0.3, 0.4) is 0 Å². The summed E-state index contributed by atoms with van der Waals surface area (Å²) in [7, 11) is 0. The summed E-state index contributed by atoms with van der Waals surface area (Å²) in [6, 6.07) is 5.17. The van der Waals surface area contributed by atoms with E-state index < -0.39 is 17.6 Å². The van der Waals surface area contributed by atoms with Gasteiger partial charge in [0.2, 0.25) is 5.91 Å². The van der Waals surface area contributed by atoms with Crippen molar-refractivity contribution in [1.29, 1.82) is 0 Å². The third-order valence-corrected chi connectivity index (χ3v) is 3.73. The molecule has 0 bridgehead atoms. The summed E-state index contributed by atoms with van der Waals surface area (Å²) < 4.78 is 43.8. The molecule has 0 unspecified atom stereocenters. The van der Waals surface area contributed by atoms with Gasteiger partial charge in [-0.15, -0.1) is 0 Å². The van der Waals surface area contributed by atoms with Gasteiger partial charge in [-0.1, -0.05) is 18.2 Å². The molecule has 0 radical (unpaired) electrons. The second kappa shape index (κ2) is 8.84. The lowest BCUT2D eigenvalue weighted by Gasteiger charge is -2.26. The zero-order valence-corrected chi connectivity index (χ0v) is 13.3. The van der Waals surface area contributed by atoms with Crippen LogP contribution in [0.15, 0.2) is 30.3 Å². The van der Waals surface area contributed by atoms with Crippen molar-refractivity contribution in [2.75, 3.05) is 39.4 Å². The van der Waals surface area contributed by atoms with Crippen LogP contribution in [0, 0.1) is 0 Å². The topological polar surface area (TPSA) is 41.6 Å². The Bertz CT molecular complexity index is 567. The summed E-state index contributed by atoms with van der Waals surface area (Å²) in [5, 5.41) is 2.69. The maximum absolute atomic E-state index is 12.9. The summed E-state index contributed by atoms with van der Waals surface area (Å²) in [5.74, 6) is -0.394. The average Bonchev–Trinajstić information content (AvgIpc) is 2.57. The molecule has 0 aliphatic carbocycles. The predicted molar refractivity (Wildman–Crippen MR) is 85.4 cm³/mol. The molecular formula is C17H21F3N2O2. The summed E-state index contributed by atoms with van der Waals surface area (Å²) in [5.41, 5.74) is -0.769. The van der Waals surface area contributed by atoms with Crippen molar-refractivity contribution < 1.29 is 22.7 Å². The minimum absolute atomic E-state index is 0.0199. The Morgan fingerprint density at radius 3 is 2.67 bits per heavy atom. The highest BCUT2D eigenvalue weighted by Gasteiger charge is 2.32. The fourth-order valence-electron chi connectivity index (χ4n) is 2.46. The van der Waals surface area contributed by atoms with Crippen LogP contribution in [-0.2, 0) is 15.7 Å². The van der Waals surface area contributed by atoms with Crippen molar-refractivity contribution in [2.45, 2.75) is 12.6 Å². The molecule has 1 aliphatic heterocycles. The molecule has 24 heavy (non-hydrogen) atoms. The van der Waals surface area contributed by atoms with Crippen molar-refractivity contribution in [1.82, 2.24) is 10.2 Å². The number of benzene rings is 1. The Morgan fingerprint density at radius 2 is 1.96 bits per heavy atom. The lowest BCUT2D eigenvalue weighted by molar-refractivity contribution is -0.137. The molecule has 1 amide bonds. The van der Waals surface area contributed by atoms with Crippen molar-refractivity contribution in [3.63, 3.8) is 0 Å². The number of hydrogen-bond acceptors (Lipinski definition) is 3. The molecule has 0 saturated carbocycles. The highest BCUT2D eigenvalue weighted by atomic mass is 19.4. The Balaban J connectivity index is 1.77. The van der Waals surface area contributed by atoms with Gasteiger partial charge in [-0.2, -0.15) is 13.2 Å². The van der Waals surface area contributed by atoms with E-state index in [2.05, 4.69) is 10.2 Å². The van der Waals surface area contributed by atoms with E-state index in [1.807, 2.05) is 0 Å². The van der Waals surface area contributed by atoms with Crippen LogP contribution in [0.2, 0.25) is 0 Å². The van der Waals surface area contributed by atoms with Gasteiger partial charge in [0, 0.05) is 25.7 Å². The quantitative estimate of drug-likeness (QED) is 0.638.